The Hall–Kier alpha value is -3.24. The number of nitriles is 1. The molecule has 0 saturated carbocycles. The smallest absolute Gasteiger partial charge is 0.267 e. The first-order chi connectivity index (χ1) is 12.1. The van der Waals surface area contributed by atoms with Gasteiger partial charge in [-0.25, -0.2) is 9.97 Å². The van der Waals surface area contributed by atoms with Gasteiger partial charge in [-0.3, -0.25) is 4.79 Å². The van der Waals surface area contributed by atoms with Gasteiger partial charge in [-0.1, -0.05) is 0 Å². The molecule has 124 valence electrons. The van der Waals surface area contributed by atoms with Crippen LogP contribution in [-0.2, 0) is 0 Å². The lowest BCUT2D eigenvalue weighted by Crippen LogP contribution is -2.12. The molecule has 2 heterocycles. The van der Waals surface area contributed by atoms with Crippen molar-refractivity contribution < 1.29 is 9.53 Å². The number of thiazole rings is 1. The van der Waals surface area contributed by atoms with Crippen LogP contribution in [0.15, 0.2) is 42.0 Å². The molecule has 0 saturated heterocycles. The average molecular weight is 350 g/mol. The predicted octanol–water partition coefficient (Wildman–Crippen LogP) is 4.07. The summed E-state index contributed by atoms with van der Waals surface area (Å²) in [6.45, 7) is 3.67. The van der Waals surface area contributed by atoms with Gasteiger partial charge in [-0.2, -0.15) is 5.26 Å². The zero-order chi connectivity index (χ0) is 17.8. The fourth-order valence-corrected chi connectivity index (χ4v) is 2.91. The molecule has 3 rings (SSSR count). The number of nitrogens with zero attached hydrogens (tertiary/aromatic N) is 3. The van der Waals surface area contributed by atoms with Gasteiger partial charge in [0.2, 0.25) is 5.88 Å². The zero-order valence-corrected chi connectivity index (χ0v) is 14.4. The number of aryl methyl sites for hydroxylation is 2. The summed E-state index contributed by atoms with van der Waals surface area (Å²) in [6.07, 6.45) is 1.56. The number of rotatable bonds is 4. The Balaban J connectivity index is 1.78. The number of hydrogen-bond acceptors (Lipinski definition) is 6. The molecule has 1 aromatic carbocycles. The molecule has 2 aromatic heterocycles. The third kappa shape index (κ3) is 3.65. The van der Waals surface area contributed by atoms with Crippen LogP contribution in [-0.4, -0.2) is 15.9 Å². The number of aromatic nitrogens is 2. The van der Waals surface area contributed by atoms with Crippen molar-refractivity contribution in [3.63, 3.8) is 0 Å². The first-order valence-electron chi connectivity index (χ1n) is 7.43. The van der Waals surface area contributed by atoms with E-state index < -0.39 is 0 Å². The summed E-state index contributed by atoms with van der Waals surface area (Å²) in [4.78, 5) is 21.0. The van der Waals surface area contributed by atoms with E-state index in [1.807, 2.05) is 13.0 Å². The number of benzene rings is 1. The molecule has 0 aliphatic heterocycles. The average Bonchev–Trinajstić information content (AvgIpc) is 3.04. The molecule has 0 radical (unpaired) electrons. The minimum Gasteiger partial charge on any atom is -0.438 e. The maximum atomic E-state index is 12.3. The van der Waals surface area contributed by atoms with Crippen molar-refractivity contribution in [1.82, 2.24) is 9.97 Å². The number of anilines is 1. The first-order valence-corrected chi connectivity index (χ1v) is 8.31. The van der Waals surface area contributed by atoms with Crippen molar-refractivity contribution in [2.24, 2.45) is 0 Å². The van der Waals surface area contributed by atoms with Crippen molar-refractivity contribution in [3.05, 3.63) is 63.7 Å². The maximum absolute atomic E-state index is 12.3. The third-order valence-electron chi connectivity index (χ3n) is 3.50. The Labute approximate surface area is 148 Å². The topological polar surface area (TPSA) is 87.9 Å². The lowest BCUT2D eigenvalue weighted by molar-refractivity contribution is 0.102. The second-order valence-corrected chi connectivity index (χ2v) is 6.12. The zero-order valence-electron chi connectivity index (χ0n) is 13.6. The van der Waals surface area contributed by atoms with Gasteiger partial charge < -0.3 is 10.1 Å². The quantitative estimate of drug-likeness (QED) is 0.766. The van der Waals surface area contributed by atoms with Crippen molar-refractivity contribution in [2.75, 3.05) is 5.32 Å². The number of ether oxygens (including phenoxy) is 1. The summed E-state index contributed by atoms with van der Waals surface area (Å²) in [7, 11) is 0. The molecule has 25 heavy (non-hydrogen) atoms. The largest absolute Gasteiger partial charge is 0.438 e. The Kier molecular flexibility index (Phi) is 4.73. The van der Waals surface area contributed by atoms with Crippen LogP contribution in [0.2, 0.25) is 0 Å². The van der Waals surface area contributed by atoms with Crippen LogP contribution < -0.4 is 10.1 Å². The highest BCUT2D eigenvalue weighted by molar-refractivity contribution is 7.12. The van der Waals surface area contributed by atoms with Crippen LogP contribution >= 0.6 is 11.3 Å². The standard InChI is InChI=1S/C18H14N4O2S/c1-11-8-14(24-18-13(9-19)4-3-7-20-18)5-6-15(11)22-17(23)16-12(2)21-10-25-16/h3-8,10H,1-2H3,(H,22,23). The first kappa shape index (κ1) is 16.6. The Morgan fingerprint density at radius 1 is 1.28 bits per heavy atom. The molecule has 0 spiro atoms. The van der Waals surface area contributed by atoms with Crippen molar-refractivity contribution >= 4 is 22.9 Å². The predicted molar refractivity (Wildman–Crippen MR) is 95.0 cm³/mol. The van der Waals surface area contributed by atoms with Gasteiger partial charge in [-0.15, -0.1) is 11.3 Å². The van der Waals surface area contributed by atoms with E-state index in [2.05, 4.69) is 15.3 Å². The van der Waals surface area contributed by atoms with Crippen LogP contribution in [0.3, 0.4) is 0 Å². The second kappa shape index (κ2) is 7.11. The summed E-state index contributed by atoms with van der Waals surface area (Å²) < 4.78 is 5.68. The number of pyridine rings is 1. The van der Waals surface area contributed by atoms with E-state index >= 15 is 0 Å². The molecule has 0 aliphatic carbocycles. The Bertz CT molecular complexity index is 975. The van der Waals surface area contributed by atoms with Gasteiger partial charge in [0.05, 0.1) is 11.2 Å². The maximum Gasteiger partial charge on any atom is 0.267 e. The molecule has 6 nitrogen and oxygen atoms in total. The summed E-state index contributed by atoms with van der Waals surface area (Å²) in [5, 5.41) is 12.0. The highest BCUT2D eigenvalue weighted by Crippen LogP contribution is 2.27. The van der Waals surface area contributed by atoms with E-state index in [1.165, 1.54) is 11.3 Å². The van der Waals surface area contributed by atoms with Crippen LogP contribution in [0.5, 0.6) is 11.6 Å². The van der Waals surface area contributed by atoms with E-state index in [1.54, 1.807) is 49.0 Å². The highest BCUT2D eigenvalue weighted by atomic mass is 32.1. The van der Waals surface area contributed by atoms with E-state index in [9.17, 15) is 4.79 Å². The molecule has 0 aliphatic rings. The molecule has 0 atom stereocenters. The monoisotopic (exact) mass is 350 g/mol. The van der Waals surface area contributed by atoms with Crippen LogP contribution in [0.4, 0.5) is 5.69 Å². The number of amides is 1. The van der Waals surface area contributed by atoms with Gasteiger partial charge in [0, 0.05) is 11.9 Å². The minimum absolute atomic E-state index is 0.187. The van der Waals surface area contributed by atoms with Gasteiger partial charge >= 0.3 is 0 Å². The fraction of sp³-hybridized carbons (Fsp3) is 0.111. The van der Waals surface area contributed by atoms with E-state index in [0.717, 1.165) is 5.56 Å². The molecule has 1 N–H and O–H groups in total. The van der Waals surface area contributed by atoms with Crippen molar-refractivity contribution in [2.45, 2.75) is 13.8 Å². The normalized spacial score (nSPS) is 10.1. The fourth-order valence-electron chi connectivity index (χ4n) is 2.21. The molecular weight excluding hydrogens is 336 g/mol. The van der Waals surface area contributed by atoms with Crippen LogP contribution in [0.1, 0.15) is 26.5 Å². The third-order valence-corrected chi connectivity index (χ3v) is 4.43. The summed E-state index contributed by atoms with van der Waals surface area (Å²) in [6, 6.07) is 10.6. The van der Waals surface area contributed by atoms with E-state index in [4.69, 9.17) is 10.00 Å². The molecular formula is C18H14N4O2S. The van der Waals surface area contributed by atoms with Crippen molar-refractivity contribution in [3.8, 4) is 17.7 Å². The Morgan fingerprint density at radius 2 is 2.12 bits per heavy atom. The van der Waals surface area contributed by atoms with Crippen LogP contribution in [0, 0.1) is 25.2 Å². The molecule has 1 amide bonds. The SMILES string of the molecule is Cc1cc(Oc2ncccc2C#N)ccc1NC(=O)c1scnc1C. The lowest BCUT2D eigenvalue weighted by atomic mass is 10.2. The molecule has 0 bridgehead atoms. The minimum atomic E-state index is -0.187. The van der Waals surface area contributed by atoms with E-state index in [0.29, 0.717) is 27.6 Å². The number of carbonyl (C=O) groups is 1. The van der Waals surface area contributed by atoms with E-state index in [-0.39, 0.29) is 11.8 Å². The lowest BCUT2D eigenvalue weighted by Gasteiger charge is -2.11. The van der Waals surface area contributed by atoms with Gasteiger partial charge in [0.1, 0.15) is 22.3 Å². The van der Waals surface area contributed by atoms with Gasteiger partial charge in [0.15, 0.2) is 0 Å². The summed E-state index contributed by atoms with van der Waals surface area (Å²) in [5.74, 6) is 0.606. The van der Waals surface area contributed by atoms with Gasteiger partial charge in [-0.05, 0) is 49.7 Å². The van der Waals surface area contributed by atoms with Gasteiger partial charge in [0.25, 0.3) is 5.91 Å². The summed E-state index contributed by atoms with van der Waals surface area (Å²) in [5.41, 5.74) is 4.24. The number of nitrogens with one attached hydrogen (secondary N) is 1. The Morgan fingerprint density at radius 3 is 2.80 bits per heavy atom. The summed E-state index contributed by atoms with van der Waals surface area (Å²) >= 11 is 1.31. The number of carbonyl (C=O) groups excluding carboxylic acids is 1. The van der Waals surface area contributed by atoms with Crippen molar-refractivity contribution in [1.29, 1.82) is 5.26 Å². The van der Waals surface area contributed by atoms with Crippen LogP contribution in [0.25, 0.3) is 0 Å². The molecule has 0 unspecified atom stereocenters. The molecule has 7 heteroatoms. The molecule has 3 aromatic rings. The molecule has 0 fully saturated rings. The number of hydrogen-bond donors (Lipinski definition) is 1. The second-order valence-electron chi connectivity index (χ2n) is 5.27. The highest BCUT2D eigenvalue weighted by Gasteiger charge is 2.13.